The Balaban J connectivity index is 2.55. The maximum atomic E-state index is 6.08. The Hall–Kier alpha value is -0.960. The van der Waals surface area contributed by atoms with Gasteiger partial charge in [-0.2, -0.15) is 0 Å². The van der Waals surface area contributed by atoms with Crippen LogP contribution in [0.2, 0.25) is 0 Å². The third kappa shape index (κ3) is 0.862. The number of aromatic amines is 1. The number of hydrogen-bond acceptors (Lipinski definition) is 2. The number of hydrogen-bond donors (Lipinski definition) is 3. The van der Waals surface area contributed by atoms with Gasteiger partial charge in [-0.1, -0.05) is 0 Å². The molecule has 1 aromatic heterocycles. The van der Waals surface area contributed by atoms with Gasteiger partial charge in [0.2, 0.25) is 0 Å². The van der Waals surface area contributed by atoms with Gasteiger partial charge in [-0.05, 0) is 32.3 Å². The van der Waals surface area contributed by atoms with Crippen molar-refractivity contribution in [3.8, 4) is 0 Å². The molecule has 12 heavy (non-hydrogen) atoms. The zero-order valence-electron chi connectivity index (χ0n) is 7.57. The second-order valence-electron chi connectivity index (χ2n) is 3.82. The van der Waals surface area contributed by atoms with Crippen molar-refractivity contribution in [3.63, 3.8) is 0 Å². The van der Waals surface area contributed by atoms with E-state index in [9.17, 15) is 0 Å². The number of aryl methyl sites for hydroxylation is 1. The van der Waals surface area contributed by atoms with E-state index in [0.717, 1.165) is 29.9 Å². The van der Waals surface area contributed by atoms with Crippen LogP contribution in [0.5, 0.6) is 0 Å². The predicted octanol–water partition coefficient (Wildman–Crippen LogP) is 1.16. The lowest BCUT2D eigenvalue weighted by Gasteiger charge is -2.09. The van der Waals surface area contributed by atoms with Crippen molar-refractivity contribution in [1.29, 1.82) is 0 Å². The van der Waals surface area contributed by atoms with Crippen LogP contribution in [0.15, 0.2) is 0 Å². The number of nitrogens with one attached hydrogen (secondary N) is 1. The molecule has 0 radical (unpaired) electrons. The third-order valence-corrected chi connectivity index (χ3v) is 2.82. The van der Waals surface area contributed by atoms with Gasteiger partial charge in [0, 0.05) is 16.8 Å². The van der Waals surface area contributed by atoms with Crippen LogP contribution in [0.4, 0.5) is 5.82 Å². The van der Waals surface area contributed by atoms with E-state index < -0.39 is 0 Å². The van der Waals surface area contributed by atoms with Crippen molar-refractivity contribution in [2.24, 2.45) is 5.73 Å². The minimum Gasteiger partial charge on any atom is -0.385 e. The Morgan fingerprint density at radius 2 is 1.92 bits per heavy atom. The smallest absolute Gasteiger partial charge is 0.106 e. The quantitative estimate of drug-likeness (QED) is 0.584. The van der Waals surface area contributed by atoms with E-state index >= 15 is 0 Å². The molecule has 2 rings (SSSR count). The summed E-state index contributed by atoms with van der Waals surface area (Å²) in [5.41, 5.74) is 15.3. The second kappa shape index (κ2) is 2.04. The van der Waals surface area contributed by atoms with Crippen LogP contribution >= 0.6 is 0 Å². The lowest BCUT2D eigenvalue weighted by molar-refractivity contribution is 0.738. The van der Waals surface area contributed by atoms with Crippen LogP contribution in [-0.4, -0.2) is 4.98 Å². The molecule has 0 unspecified atom stereocenters. The average Bonchev–Trinajstić information content (AvgIpc) is 2.62. The molecule has 0 saturated heterocycles. The highest BCUT2D eigenvalue weighted by Crippen LogP contribution is 2.46. The van der Waals surface area contributed by atoms with Crippen LogP contribution in [0.1, 0.15) is 29.7 Å². The summed E-state index contributed by atoms with van der Waals surface area (Å²) in [6.07, 6.45) is 2.13. The van der Waals surface area contributed by atoms with Gasteiger partial charge in [0.15, 0.2) is 0 Å². The third-order valence-electron chi connectivity index (χ3n) is 2.82. The van der Waals surface area contributed by atoms with Gasteiger partial charge < -0.3 is 16.5 Å². The summed E-state index contributed by atoms with van der Waals surface area (Å²) < 4.78 is 0. The molecule has 0 bridgehead atoms. The fourth-order valence-corrected chi connectivity index (χ4v) is 1.77. The monoisotopic (exact) mass is 165 g/mol. The first-order valence-electron chi connectivity index (χ1n) is 4.28. The maximum absolute atomic E-state index is 6.08. The van der Waals surface area contributed by atoms with E-state index in [-0.39, 0.29) is 5.54 Å². The molecule has 3 heteroatoms. The number of H-pyrrole nitrogens is 1. The highest BCUT2D eigenvalue weighted by Gasteiger charge is 2.43. The second-order valence-corrected chi connectivity index (χ2v) is 3.82. The van der Waals surface area contributed by atoms with Crippen molar-refractivity contribution in [1.82, 2.24) is 4.98 Å². The maximum Gasteiger partial charge on any atom is 0.106 e. The van der Waals surface area contributed by atoms with Gasteiger partial charge in [-0.25, -0.2) is 0 Å². The highest BCUT2D eigenvalue weighted by molar-refractivity contribution is 5.54. The molecule has 0 aliphatic heterocycles. The van der Waals surface area contributed by atoms with Gasteiger partial charge in [-0.15, -0.1) is 0 Å². The molecule has 0 spiro atoms. The first kappa shape index (κ1) is 7.68. The summed E-state index contributed by atoms with van der Waals surface area (Å²) in [6, 6.07) is 0. The van der Waals surface area contributed by atoms with Crippen molar-refractivity contribution in [2.75, 3.05) is 5.73 Å². The number of nitrogen functional groups attached to an aromatic ring is 1. The first-order valence-corrected chi connectivity index (χ1v) is 4.28. The Bertz CT molecular complexity index is 321. The standard InChI is InChI=1S/C9H15N3/c1-5-6(2)12-8(10)7(5)9(11)3-4-9/h12H,3-4,10-11H2,1-2H3. The molecule has 1 aromatic rings. The van der Waals surface area contributed by atoms with Gasteiger partial charge in [0.25, 0.3) is 0 Å². The Morgan fingerprint density at radius 3 is 2.25 bits per heavy atom. The molecule has 1 saturated carbocycles. The van der Waals surface area contributed by atoms with Gasteiger partial charge >= 0.3 is 0 Å². The molecule has 66 valence electrons. The number of aromatic nitrogens is 1. The Morgan fingerprint density at radius 1 is 1.33 bits per heavy atom. The van der Waals surface area contributed by atoms with E-state index in [1.165, 1.54) is 5.56 Å². The Kier molecular flexibility index (Phi) is 1.31. The van der Waals surface area contributed by atoms with Crippen molar-refractivity contribution < 1.29 is 0 Å². The molecule has 0 aromatic carbocycles. The van der Waals surface area contributed by atoms with Crippen LogP contribution in [0.3, 0.4) is 0 Å². The number of nitrogens with two attached hydrogens (primary N) is 2. The number of anilines is 1. The molecule has 5 N–H and O–H groups in total. The average molecular weight is 165 g/mol. The number of rotatable bonds is 1. The summed E-state index contributed by atoms with van der Waals surface area (Å²) >= 11 is 0. The minimum absolute atomic E-state index is 0.112. The van der Waals surface area contributed by atoms with Crippen molar-refractivity contribution in [3.05, 3.63) is 16.8 Å². The zero-order chi connectivity index (χ0) is 8.93. The summed E-state index contributed by atoms with van der Waals surface area (Å²) in [5, 5.41) is 0. The molecule has 1 aliphatic rings. The zero-order valence-corrected chi connectivity index (χ0v) is 7.57. The Labute approximate surface area is 72.1 Å². The van der Waals surface area contributed by atoms with E-state index in [2.05, 4.69) is 11.9 Å². The molecule has 0 atom stereocenters. The summed E-state index contributed by atoms with van der Waals surface area (Å²) in [7, 11) is 0. The van der Waals surface area contributed by atoms with Crippen molar-refractivity contribution in [2.45, 2.75) is 32.2 Å². The van der Waals surface area contributed by atoms with Crippen LogP contribution in [0.25, 0.3) is 0 Å². The normalized spacial score (nSPS) is 19.6. The van der Waals surface area contributed by atoms with Gasteiger partial charge in [0.1, 0.15) is 5.82 Å². The largest absolute Gasteiger partial charge is 0.385 e. The molecular weight excluding hydrogens is 150 g/mol. The van der Waals surface area contributed by atoms with E-state index in [4.69, 9.17) is 11.5 Å². The van der Waals surface area contributed by atoms with Crippen molar-refractivity contribution >= 4 is 5.82 Å². The fourth-order valence-electron chi connectivity index (χ4n) is 1.77. The molecule has 1 aliphatic carbocycles. The lowest BCUT2D eigenvalue weighted by Crippen LogP contribution is -2.20. The molecule has 0 amide bonds. The summed E-state index contributed by atoms with van der Waals surface area (Å²) in [6.45, 7) is 4.10. The fraction of sp³-hybridized carbons (Fsp3) is 0.556. The SMILES string of the molecule is Cc1[nH]c(N)c(C2(N)CC2)c1C. The first-order chi connectivity index (χ1) is 5.54. The highest BCUT2D eigenvalue weighted by atomic mass is 14.9. The summed E-state index contributed by atoms with van der Waals surface area (Å²) in [5.74, 6) is 0.755. The minimum atomic E-state index is -0.112. The topological polar surface area (TPSA) is 67.8 Å². The molecule has 3 nitrogen and oxygen atoms in total. The molecule has 1 fully saturated rings. The summed E-state index contributed by atoms with van der Waals surface area (Å²) in [4.78, 5) is 3.12. The van der Waals surface area contributed by atoms with Gasteiger partial charge in [0.05, 0.1) is 0 Å². The van der Waals surface area contributed by atoms with E-state index in [0.29, 0.717) is 0 Å². The molecule has 1 heterocycles. The van der Waals surface area contributed by atoms with Crippen LogP contribution < -0.4 is 11.5 Å². The van der Waals surface area contributed by atoms with Gasteiger partial charge in [-0.3, -0.25) is 0 Å². The van der Waals surface area contributed by atoms with E-state index in [1.54, 1.807) is 0 Å². The lowest BCUT2D eigenvalue weighted by atomic mass is 10.0. The molecular formula is C9H15N3. The van der Waals surface area contributed by atoms with E-state index in [1.807, 2.05) is 6.92 Å². The van der Waals surface area contributed by atoms with Crippen LogP contribution in [-0.2, 0) is 5.54 Å². The van der Waals surface area contributed by atoms with Crippen LogP contribution in [0, 0.1) is 13.8 Å². The predicted molar refractivity (Wildman–Crippen MR) is 49.8 cm³/mol.